The van der Waals surface area contributed by atoms with Crippen molar-refractivity contribution in [2.24, 2.45) is 0 Å². The van der Waals surface area contributed by atoms with E-state index in [-0.39, 0.29) is 5.91 Å². The first-order chi connectivity index (χ1) is 14.7. The van der Waals surface area contributed by atoms with E-state index in [2.05, 4.69) is 4.98 Å². The zero-order valence-electron chi connectivity index (χ0n) is 16.5. The third-order valence-corrected chi connectivity index (χ3v) is 6.15. The number of pyridine rings is 1. The first kappa shape index (κ1) is 18.4. The van der Waals surface area contributed by atoms with Crippen molar-refractivity contribution in [1.82, 2.24) is 9.55 Å². The molecule has 0 aliphatic carbocycles. The molecule has 3 heterocycles. The van der Waals surface area contributed by atoms with Crippen LogP contribution < -0.4 is 9.47 Å². The van der Waals surface area contributed by atoms with Crippen molar-refractivity contribution in [3.8, 4) is 22.6 Å². The SMILES string of the molecule is COc1ccc(-c2cn(C(=O)c3csc4ccccc34)c3ncccc23)cc1OC. The molecule has 0 bridgehead atoms. The van der Waals surface area contributed by atoms with Crippen molar-refractivity contribution in [3.63, 3.8) is 0 Å². The van der Waals surface area contributed by atoms with Gasteiger partial charge in [0.15, 0.2) is 11.5 Å². The lowest BCUT2D eigenvalue weighted by atomic mass is 10.1. The summed E-state index contributed by atoms with van der Waals surface area (Å²) in [7, 11) is 3.22. The summed E-state index contributed by atoms with van der Waals surface area (Å²) in [5.41, 5.74) is 3.14. The molecule has 0 radical (unpaired) electrons. The summed E-state index contributed by atoms with van der Waals surface area (Å²) in [6.07, 6.45) is 3.56. The van der Waals surface area contributed by atoms with Gasteiger partial charge in [-0.15, -0.1) is 11.3 Å². The zero-order chi connectivity index (χ0) is 20.7. The molecule has 5 rings (SSSR count). The lowest BCUT2D eigenvalue weighted by molar-refractivity contribution is 0.0966. The Bertz CT molecular complexity index is 1400. The lowest BCUT2D eigenvalue weighted by Crippen LogP contribution is -2.10. The van der Waals surface area contributed by atoms with Crippen LogP contribution in [0.3, 0.4) is 0 Å². The highest BCUT2D eigenvalue weighted by atomic mass is 32.1. The monoisotopic (exact) mass is 414 g/mol. The molecular weight excluding hydrogens is 396 g/mol. The van der Waals surface area contributed by atoms with Gasteiger partial charge >= 0.3 is 0 Å². The van der Waals surface area contributed by atoms with E-state index in [1.807, 2.05) is 66.2 Å². The van der Waals surface area contributed by atoms with E-state index in [0.717, 1.165) is 26.6 Å². The van der Waals surface area contributed by atoms with Crippen molar-refractivity contribution >= 4 is 38.4 Å². The highest BCUT2D eigenvalue weighted by Gasteiger charge is 2.20. The van der Waals surface area contributed by atoms with Crippen LogP contribution in [-0.2, 0) is 0 Å². The highest BCUT2D eigenvalue weighted by Crippen LogP contribution is 2.36. The van der Waals surface area contributed by atoms with E-state index >= 15 is 0 Å². The summed E-state index contributed by atoms with van der Waals surface area (Å²) in [5.74, 6) is 1.20. The first-order valence-electron chi connectivity index (χ1n) is 9.40. The van der Waals surface area contributed by atoms with Crippen LogP contribution in [0.1, 0.15) is 10.4 Å². The van der Waals surface area contributed by atoms with Gasteiger partial charge in [0.2, 0.25) is 0 Å². The minimum atomic E-state index is -0.0946. The number of thiophene rings is 1. The van der Waals surface area contributed by atoms with Crippen molar-refractivity contribution in [1.29, 1.82) is 0 Å². The van der Waals surface area contributed by atoms with Gasteiger partial charge in [-0.1, -0.05) is 24.3 Å². The molecule has 0 N–H and O–H groups in total. The maximum absolute atomic E-state index is 13.5. The molecule has 5 nitrogen and oxygen atoms in total. The summed E-state index contributed by atoms with van der Waals surface area (Å²) in [6, 6.07) is 17.5. The van der Waals surface area contributed by atoms with Crippen LogP contribution in [0.5, 0.6) is 11.5 Å². The van der Waals surface area contributed by atoms with Crippen molar-refractivity contribution in [2.45, 2.75) is 0 Å². The van der Waals surface area contributed by atoms with Crippen LogP contribution in [0.4, 0.5) is 0 Å². The fourth-order valence-corrected chi connectivity index (χ4v) is 4.66. The molecule has 148 valence electrons. The second kappa shape index (κ2) is 7.31. The predicted molar refractivity (Wildman–Crippen MR) is 120 cm³/mol. The molecule has 0 fully saturated rings. The van der Waals surface area contributed by atoms with Gasteiger partial charge in [0.05, 0.1) is 19.8 Å². The molecule has 0 saturated carbocycles. The molecule has 0 unspecified atom stereocenters. The van der Waals surface area contributed by atoms with E-state index in [4.69, 9.17) is 9.47 Å². The Labute approximate surface area is 177 Å². The fraction of sp³-hybridized carbons (Fsp3) is 0.0833. The largest absolute Gasteiger partial charge is 0.493 e. The minimum absolute atomic E-state index is 0.0946. The summed E-state index contributed by atoms with van der Waals surface area (Å²) < 4.78 is 13.5. The van der Waals surface area contributed by atoms with Gasteiger partial charge in [0.1, 0.15) is 5.65 Å². The highest BCUT2D eigenvalue weighted by molar-refractivity contribution is 7.17. The van der Waals surface area contributed by atoms with Crippen LogP contribution in [0, 0.1) is 0 Å². The Morgan fingerprint density at radius 1 is 0.967 bits per heavy atom. The van der Waals surface area contributed by atoms with Crippen LogP contribution in [0.2, 0.25) is 0 Å². The normalized spacial score (nSPS) is 11.1. The van der Waals surface area contributed by atoms with Crippen molar-refractivity contribution < 1.29 is 14.3 Å². The summed E-state index contributed by atoms with van der Waals surface area (Å²) in [5, 5.41) is 3.77. The van der Waals surface area contributed by atoms with E-state index in [1.54, 1.807) is 36.3 Å². The number of methoxy groups -OCH3 is 2. The second-order valence-electron chi connectivity index (χ2n) is 6.81. The number of carbonyl (C=O) groups excluding carboxylic acids is 1. The lowest BCUT2D eigenvalue weighted by Gasteiger charge is -2.09. The number of benzene rings is 2. The van der Waals surface area contributed by atoms with Crippen molar-refractivity contribution in [2.75, 3.05) is 14.2 Å². The molecule has 30 heavy (non-hydrogen) atoms. The van der Waals surface area contributed by atoms with E-state index in [1.165, 1.54) is 0 Å². The topological polar surface area (TPSA) is 53.4 Å². The van der Waals surface area contributed by atoms with Crippen LogP contribution in [0.15, 0.2) is 72.4 Å². The van der Waals surface area contributed by atoms with E-state index in [9.17, 15) is 4.79 Å². The van der Waals surface area contributed by atoms with E-state index < -0.39 is 0 Å². The van der Waals surface area contributed by atoms with Gasteiger partial charge in [-0.2, -0.15) is 0 Å². The molecule has 0 amide bonds. The molecule has 0 aliphatic rings. The van der Waals surface area contributed by atoms with Gasteiger partial charge in [-0.3, -0.25) is 9.36 Å². The maximum atomic E-state index is 13.5. The van der Waals surface area contributed by atoms with Crippen LogP contribution in [-0.4, -0.2) is 29.7 Å². The number of ether oxygens (including phenoxy) is 2. The van der Waals surface area contributed by atoms with Gasteiger partial charge in [0, 0.05) is 38.8 Å². The molecule has 0 spiro atoms. The molecule has 0 aliphatic heterocycles. The summed E-state index contributed by atoms with van der Waals surface area (Å²) in [6.45, 7) is 0. The number of carbonyl (C=O) groups is 1. The Hall–Kier alpha value is -3.64. The number of hydrogen-bond donors (Lipinski definition) is 0. The summed E-state index contributed by atoms with van der Waals surface area (Å²) in [4.78, 5) is 18.0. The third-order valence-electron chi connectivity index (χ3n) is 5.19. The standard InChI is InChI=1S/C24H18N2O3S/c1-28-20-10-9-15(12-21(20)29-2)18-13-26(23-17(18)7-5-11-25-23)24(27)19-14-30-22-8-4-3-6-16(19)22/h3-14H,1-2H3. The number of hydrogen-bond acceptors (Lipinski definition) is 5. The molecule has 5 aromatic rings. The second-order valence-corrected chi connectivity index (χ2v) is 7.72. The van der Waals surface area contributed by atoms with Crippen LogP contribution in [0.25, 0.3) is 32.2 Å². The quantitative estimate of drug-likeness (QED) is 0.383. The molecule has 0 atom stereocenters. The van der Waals surface area contributed by atoms with Gasteiger partial charge < -0.3 is 9.47 Å². The number of rotatable bonds is 4. The van der Waals surface area contributed by atoms with Gasteiger partial charge in [-0.25, -0.2) is 4.98 Å². The number of nitrogens with zero attached hydrogens (tertiary/aromatic N) is 2. The Morgan fingerprint density at radius 2 is 1.77 bits per heavy atom. The molecule has 0 saturated heterocycles. The van der Waals surface area contributed by atoms with Crippen LogP contribution >= 0.6 is 11.3 Å². The Morgan fingerprint density at radius 3 is 2.60 bits per heavy atom. The Kier molecular flexibility index (Phi) is 4.48. The summed E-state index contributed by atoms with van der Waals surface area (Å²) >= 11 is 1.57. The zero-order valence-corrected chi connectivity index (χ0v) is 17.3. The maximum Gasteiger partial charge on any atom is 0.265 e. The van der Waals surface area contributed by atoms with Gasteiger partial charge in [-0.05, 0) is 35.9 Å². The Balaban J connectivity index is 1.69. The van der Waals surface area contributed by atoms with E-state index in [0.29, 0.717) is 22.7 Å². The first-order valence-corrected chi connectivity index (χ1v) is 10.3. The molecule has 6 heteroatoms. The average Bonchev–Trinajstić information content (AvgIpc) is 3.40. The molecule has 3 aromatic heterocycles. The van der Waals surface area contributed by atoms with Gasteiger partial charge in [0.25, 0.3) is 5.91 Å². The molecular formula is C24H18N2O3S. The van der Waals surface area contributed by atoms with Crippen molar-refractivity contribution in [3.05, 3.63) is 77.9 Å². The minimum Gasteiger partial charge on any atom is -0.493 e. The average molecular weight is 414 g/mol. The predicted octanol–water partition coefficient (Wildman–Crippen LogP) is 5.62. The smallest absolute Gasteiger partial charge is 0.265 e. The molecule has 2 aromatic carbocycles. The number of aromatic nitrogens is 2. The fourth-order valence-electron chi connectivity index (χ4n) is 3.72. The third kappa shape index (κ3) is 2.84. The number of fused-ring (bicyclic) bond motifs is 2.